The first kappa shape index (κ1) is 15.8. The molecule has 0 bridgehead atoms. The van der Waals surface area contributed by atoms with E-state index in [9.17, 15) is 18.0 Å². The number of para-hydroxylation sites is 1. The van der Waals surface area contributed by atoms with Crippen molar-refractivity contribution in [2.75, 3.05) is 23.1 Å². The van der Waals surface area contributed by atoms with E-state index in [2.05, 4.69) is 0 Å². The molecule has 2 aromatic rings. The van der Waals surface area contributed by atoms with Crippen LogP contribution in [0.1, 0.15) is 26.3 Å². The fourth-order valence-corrected chi connectivity index (χ4v) is 4.84. The van der Waals surface area contributed by atoms with Crippen molar-refractivity contribution in [3.8, 4) is 0 Å². The molecule has 2 aliphatic rings. The zero-order chi connectivity index (χ0) is 17.6. The van der Waals surface area contributed by atoms with Gasteiger partial charge in [-0.1, -0.05) is 30.3 Å². The minimum absolute atomic E-state index is 0.145. The summed E-state index contributed by atoms with van der Waals surface area (Å²) in [6.45, 7) is 0.247. The minimum atomic E-state index is -3.61. The van der Waals surface area contributed by atoms with Crippen molar-refractivity contribution in [1.29, 1.82) is 0 Å². The van der Waals surface area contributed by atoms with Crippen molar-refractivity contribution in [2.24, 2.45) is 0 Å². The summed E-state index contributed by atoms with van der Waals surface area (Å²) in [6, 6.07) is 13.9. The largest absolute Gasteiger partial charge is 0.273 e. The highest BCUT2D eigenvalue weighted by Crippen LogP contribution is 2.30. The van der Waals surface area contributed by atoms with E-state index in [0.717, 1.165) is 10.5 Å². The number of benzene rings is 2. The first-order valence-electron chi connectivity index (χ1n) is 8.02. The molecule has 0 fully saturated rings. The molecular weight excluding hydrogens is 340 g/mol. The standard InChI is InChI=1S/C18H16N2O4S/c21-17-14-6-2-3-7-15(14)18(22)19(17)11-12-25(23,24)20-10-9-13-5-1-4-8-16(13)20/h1-8H,9-12H2. The van der Waals surface area contributed by atoms with E-state index in [1.165, 1.54) is 4.31 Å². The Morgan fingerprint density at radius 2 is 1.48 bits per heavy atom. The van der Waals surface area contributed by atoms with Crippen LogP contribution in [0.5, 0.6) is 0 Å². The monoisotopic (exact) mass is 356 g/mol. The van der Waals surface area contributed by atoms with Gasteiger partial charge in [-0.25, -0.2) is 8.42 Å². The molecule has 0 N–H and O–H groups in total. The van der Waals surface area contributed by atoms with Gasteiger partial charge in [-0.05, 0) is 30.2 Å². The van der Waals surface area contributed by atoms with E-state index in [4.69, 9.17) is 0 Å². The van der Waals surface area contributed by atoms with E-state index in [0.29, 0.717) is 29.8 Å². The summed E-state index contributed by atoms with van der Waals surface area (Å²) in [5, 5.41) is 0. The second-order valence-electron chi connectivity index (χ2n) is 6.07. The second kappa shape index (κ2) is 5.70. The Kier molecular flexibility index (Phi) is 3.61. The van der Waals surface area contributed by atoms with Crippen LogP contribution in [0.3, 0.4) is 0 Å². The quantitative estimate of drug-likeness (QED) is 0.781. The van der Waals surface area contributed by atoms with Gasteiger partial charge >= 0.3 is 0 Å². The molecule has 2 heterocycles. The van der Waals surface area contributed by atoms with Gasteiger partial charge in [0.15, 0.2) is 0 Å². The third kappa shape index (κ3) is 2.51. The van der Waals surface area contributed by atoms with E-state index in [1.54, 1.807) is 36.4 Å². The zero-order valence-electron chi connectivity index (χ0n) is 13.4. The van der Waals surface area contributed by atoms with Crippen molar-refractivity contribution in [3.63, 3.8) is 0 Å². The fourth-order valence-electron chi connectivity index (χ4n) is 3.36. The average Bonchev–Trinajstić information content (AvgIpc) is 3.15. The van der Waals surface area contributed by atoms with Gasteiger partial charge in [0, 0.05) is 13.1 Å². The average molecular weight is 356 g/mol. The number of rotatable bonds is 4. The van der Waals surface area contributed by atoms with Gasteiger partial charge in [0.1, 0.15) is 0 Å². The number of sulfonamides is 1. The van der Waals surface area contributed by atoms with Crippen LogP contribution in [0.25, 0.3) is 0 Å². The Hall–Kier alpha value is -2.67. The number of hydrogen-bond acceptors (Lipinski definition) is 4. The molecule has 4 rings (SSSR count). The highest BCUT2D eigenvalue weighted by molar-refractivity contribution is 7.92. The van der Waals surface area contributed by atoms with Crippen molar-refractivity contribution in [3.05, 3.63) is 65.2 Å². The molecule has 0 saturated carbocycles. The third-order valence-electron chi connectivity index (χ3n) is 4.63. The molecule has 128 valence electrons. The lowest BCUT2D eigenvalue weighted by molar-refractivity contribution is 0.0664. The van der Waals surface area contributed by atoms with Crippen LogP contribution < -0.4 is 4.31 Å². The van der Waals surface area contributed by atoms with Crippen molar-refractivity contribution < 1.29 is 18.0 Å². The van der Waals surface area contributed by atoms with E-state index in [-0.39, 0.29) is 12.3 Å². The maximum Gasteiger partial charge on any atom is 0.261 e. The molecular formula is C18H16N2O4S. The highest BCUT2D eigenvalue weighted by Gasteiger charge is 2.37. The zero-order valence-corrected chi connectivity index (χ0v) is 14.2. The number of anilines is 1. The Balaban J connectivity index is 1.53. The van der Waals surface area contributed by atoms with Crippen molar-refractivity contribution in [2.45, 2.75) is 6.42 Å². The molecule has 6 nitrogen and oxygen atoms in total. The number of carbonyl (C=O) groups is 2. The van der Waals surface area contributed by atoms with Gasteiger partial charge in [-0.3, -0.25) is 18.8 Å². The van der Waals surface area contributed by atoms with E-state index in [1.807, 2.05) is 12.1 Å². The molecule has 0 radical (unpaired) electrons. The SMILES string of the molecule is O=C1c2ccccc2C(=O)N1CCS(=O)(=O)N1CCc2ccccc21. The van der Waals surface area contributed by atoms with Gasteiger partial charge in [-0.15, -0.1) is 0 Å². The predicted octanol–water partition coefficient (Wildman–Crippen LogP) is 1.68. The number of carbonyl (C=O) groups excluding carboxylic acids is 2. The topological polar surface area (TPSA) is 74.8 Å². The number of fused-ring (bicyclic) bond motifs is 2. The maximum atomic E-state index is 12.7. The summed E-state index contributed by atoms with van der Waals surface area (Å²) < 4.78 is 26.8. The Morgan fingerprint density at radius 3 is 2.16 bits per heavy atom. The van der Waals surface area contributed by atoms with Crippen LogP contribution in [-0.4, -0.2) is 44.0 Å². The molecule has 2 aliphatic heterocycles. The van der Waals surface area contributed by atoms with Crippen molar-refractivity contribution in [1.82, 2.24) is 4.90 Å². The molecule has 0 unspecified atom stereocenters. The van der Waals surface area contributed by atoms with Crippen molar-refractivity contribution >= 4 is 27.5 Å². The summed E-state index contributed by atoms with van der Waals surface area (Å²) in [5.74, 6) is -1.15. The molecule has 0 aliphatic carbocycles. The van der Waals surface area contributed by atoms with Crippen LogP contribution in [-0.2, 0) is 16.4 Å². The maximum absolute atomic E-state index is 12.7. The molecule has 7 heteroatoms. The molecule has 0 aromatic heterocycles. The first-order valence-corrected chi connectivity index (χ1v) is 9.63. The van der Waals surface area contributed by atoms with Gasteiger partial charge < -0.3 is 0 Å². The second-order valence-corrected chi connectivity index (χ2v) is 8.09. The number of imide groups is 1. The van der Waals surface area contributed by atoms with Gasteiger partial charge in [0.25, 0.3) is 11.8 Å². The molecule has 2 aromatic carbocycles. The van der Waals surface area contributed by atoms with Crippen LogP contribution in [0.2, 0.25) is 0 Å². The Bertz CT molecular complexity index is 949. The fraction of sp³-hybridized carbons (Fsp3) is 0.222. The highest BCUT2D eigenvalue weighted by atomic mass is 32.2. The number of nitrogens with zero attached hydrogens (tertiary/aromatic N) is 2. The minimum Gasteiger partial charge on any atom is -0.273 e. The lowest BCUT2D eigenvalue weighted by Gasteiger charge is -2.21. The summed E-state index contributed by atoms with van der Waals surface area (Å²) >= 11 is 0. The van der Waals surface area contributed by atoms with Crippen LogP contribution in [0.15, 0.2) is 48.5 Å². The lowest BCUT2D eigenvalue weighted by Crippen LogP contribution is -2.39. The molecule has 0 spiro atoms. The van der Waals surface area contributed by atoms with Crippen LogP contribution in [0, 0.1) is 0 Å². The Morgan fingerprint density at radius 1 is 0.880 bits per heavy atom. The lowest BCUT2D eigenvalue weighted by atomic mass is 10.1. The predicted molar refractivity (Wildman–Crippen MR) is 93.1 cm³/mol. The first-order chi connectivity index (χ1) is 12.0. The number of amides is 2. The van der Waals surface area contributed by atoms with Gasteiger partial charge in [-0.2, -0.15) is 0 Å². The summed E-state index contributed by atoms with van der Waals surface area (Å²) in [4.78, 5) is 25.7. The molecule has 25 heavy (non-hydrogen) atoms. The summed E-state index contributed by atoms with van der Waals surface area (Å²) in [7, 11) is -3.61. The van der Waals surface area contributed by atoms with E-state index >= 15 is 0 Å². The van der Waals surface area contributed by atoms with E-state index < -0.39 is 21.8 Å². The van der Waals surface area contributed by atoms with Gasteiger partial charge in [0.05, 0.1) is 22.6 Å². The third-order valence-corrected chi connectivity index (χ3v) is 6.38. The van der Waals surface area contributed by atoms with Gasteiger partial charge in [0.2, 0.25) is 10.0 Å². The normalized spacial score (nSPS) is 16.3. The Labute approximate surface area is 145 Å². The number of hydrogen-bond donors (Lipinski definition) is 0. The van der Waals surface area contributed by atoms with Crippen LogP contribution in [0.4, 0.5) is 5.69 Å². The molecule has 0 saturated heterocycles. The molecule has 2 amide bonds. The smallest absolute Gasteiger partial charge is 0.261 e. The summed E-state index contributed by atoms with van der Waals surface area (Å²) in [6.07, 6.45) is 0.669. The van der Waals surface area contributed by atoms with Crippen LogP contribution >= 0.6 is 0 Å². The molecule has 0 atom stereocenters. The summed E-state index contributed by atoms with van der Waals surface area (Å²) in [5.41, 5.74) is 2.34.